The molecule has 25 heavy (non-hydrogen) atoms. The maximum Gasteiger partial charge on any atom is 0.240 e. The van der Waals surface area contributed by atoms with Crippen LogP contribution in [0, 0.1) is 0 Å². The molecule has 5 heteroatoms. The van der Waals surface area contributed by atoms with Gasteiger partial charge in [-0.15, -0.1) is 0 Å². The summed E-state index contributed by atoms with van der Waals surface area (Å²) in [6.07, 6.45) is 0. The van der Waals surface area contributed by atoms with E-state index >= 15 is 0 Å². The molecule has 0 nitrogen and oxygen atoms in total. The molecule has 0 aliphatic heterocycles. The van der Waals surface area contributed by atoms with Gasteiger partial charge in [0.15, 0.2) is 0 Å². The van der Waals surface area contributed by atoms with E-state index in [2.05, 4.69) is 48.5 Å². The van der Waals surface area contributed by atoms with Gasteiger partial charge in [-0.05, 0) is 50.4 Å². The van der Waals surface area contributed by atoms with Crippen molar-refractivity contribution in [2.75, 3.05) is 0 Å². The van der Waals surface area contributed by atoms with Crippen LogP contribution in [0.2, 0.25) is 50.4 Å². The minimum Gasteiger partial charge on any atom is -0.314 e. The van der Waals surface area contributed by atoms with Crippen LogP contribution in [-0.4, -0.2) is 24.9 Å². The second-order valence-corrected chi connectivity index (χ2v) is 20.4. The number of benzene rings is 2. The lowest BCUT2D eigenvalue weighted by molar-refractivity contribution is 0.787. The van der Waals surface area contributed by atoms with E-state index in [4.69, 9.17) is 0 Å². The van der Waals surface area contributed by atoms with Crippen LogP contribution in [0.15, 0.2) is 60.7 Å². The smallest absolute Gasteiger partial charge is 0.240 e. The van der Waals surface area contributed by atoms with E-state index in [0.717, 1.165) is 12.1 Å². The molecule has 0 N–H and O–H groups in total. The molecule has 0 atom stereocenters. The minimum atomic E-state index is -2.66. The molecule has 0 spiro atoms. The van der Waals surface area contributed by atoms with Gasteiger partial charge in [-0.3, -0.25) is 0 Å². The van der Waals surface area contributed by atoms with Gasteiger partial charge >= 0.3 is 0 Å². The van der Waals surface area contributed by atoms with Gasteiger partial charge in [-0.2, -0.15) is 0 Å². The van der Waals surface area contributed by atoms with Crippen LogP contribution in [0.4, 0.5) is 8.22 Å². The highest BCUT2D eigenvalue weighted by molar-refractivity contribution is 7.03. The van der Waals surface area contributed by atoms with Crippen LogP contribution in [0.25, 0.3) is 0 Å². The Labute approximate surface area is 154 Å². The largest absolute Gasteiger partial charge is 0.314 e. The van der Waals surface area contributed by atoms with E-state index in [1.165, 1.54) is 10.4 Å². The molecule has 136 valence electrons. The summed E-state index contributed by atoms with van der Waals surface area (Å²) in [5, 5.41) is 2.63. The highest BCUT2D eigenvalue weighted by atomic mass is 28.4. The lowest BCUT2D eigenvalue weighted by atomic mass is 10.4. The molecule has 0 bridgehead atoms. The van der Waals surface area contributed by atoms with Crippen molar-refractivity contribution in [2.24, 2.45) is 0 Å². The summed E-state index contributed by atoms with van der Waals surface area (Å²) in [5.41, 5.74) is 0. The summed E-state index contributed by atoms with van der Waals surface area (Å²) >= 11 is 0. The number of rotatable bonds is 8. The Hall–Kier alpha value is -1.05. The van der Waals surface area contributed by atoms with Gasteiger partial charge in [0.25, 0.3) is 0 Å². The van der Waals surface area contributed by atoms with Gasteiger partial charge < -0.3 is 8.22 Å². The summed E-state index contributed by atoms with van der Waals surface area (Å²) in [4.78, 5) is 0. The maximum absolute atomic E-state index is 14.5. The Morgan fingerprint density at radius 1 is 0.560 bits per heavy atom. The van der Waals surface area contributed by atoms with Crippen LogP contribution < -0.4 is 10.4 Å². The fourth-order valence-corrected chi connectivity index (χ4v) is 15.0. The van der Waals surface area contributed by atoms with E-state index in [1.807, 2.05) is 12.1 Å². The average molecular weight is 393 g/mol. The first kappa shape index (κ1) is 20.3. The number of hydrogen-bond acceptors (Lipinski definition) is 0. The van der Waals surface area contributed by atoms with Gasteiger partial charge in [0, 0.05) is 0 Å². The third-order valence-electron chi connectivity index (χ3n) is 4.95. The van der Waals surface area contributed by atoms with Gasteiger partial charge in [0.05, 0.1) is 0 Å². The second-order valence-electron chi connectivity index (χ2n) is 8.25. The van der Waals surface area contributed by atoms with Crippen molar-refractivity contribution in [2.45, 2.75) is 50.4 Å². The average Bonchev–Trinajstić information content (AvgIpc) is 2.55. The van der Waals surface area contributed by atoms with Crippen LogP contribution in [0.3, 0.4) is 0 Å². The van der Waals surface area contributed by atoms with Crippen LogP contribution in [-0.2, 0) is 0 Å². The molecule has 0 amide bonds. The monoisotopic (exact) mass is 392 g/mol. The van der Waals surface area contributed by atoms with Gasteiger partial charge in [0.1, 0.15) is 8.07 Å². The molecule has 0 saturated carbocycles. The van der Waals surface area contributed by atoms with Gasteiger partial charge in [-0.1, -0.05) is 71.0 Å². The lowest BCUT2D eigenvalue weighted by Crippen LogP contribution is -2.59. The van der Waals surface area contributed by atoms with E-state index < -0.39 is 24.9 Å². The molecule has 2 rings (SSSR count). The van der Waals surface area contributed by atoms with E-state index in [0.29, 0.717) is 12.1 Å². The lowest BCUT2D eigenvalue weighted by Gasteiger charge is -2.35. The van der Waals surface area contributed by atoms with Crippen molar-refractivity contribution in [3.63, 3.8) is 0 Å². The molecule has 0 radical (unpaired) electrons. The molecule has 0 aliphatic rings. The third-order valence-corrected chi connectivity index (χ3v) is 13.9. The van der Waals surface area contributed by atoms with Crippen molar-refractivity contribution < 1.29 is 8.22 Å². The van der Waals surface area contributed by atoms with E-state index in [1.54, 1.807) is 26.2 Å². The molecule has 0 aromatic heterocycles. The summed E-state index contributed by atoms with van der Waals surface area (Å²) < 4.78 is 29.0. The summed E-state index contributed by atoms with van der Waals surface area (Å²) in [6.45, 7) is 7.15. The molecule has 2 aromatic carbocycles. The Balaban J connectivity index is 2.52. The normalized spacial score (nSPS) is 13.0. The van der Waals surface area contributed by atoms with Crippen LogP contribution in [0.1, 0.15) is 0 Å². The first-order valence-electron chi connectivity index (χ1n) is 9.11. The first-order valence-corrected chi connectivity index (χ1v) is 17.7. The second kappa shape index (κ2) is 8.10. The Morgan fingerprint density at radius 2 is 0.880 bits per heavy atom. The summed E-state index contributed by atoms with van der Waals surface area (Å²) in [6, 6.07) is 24.1. The Bertz CT molecular complexity index is 587. The maximum atomic E-state index is 14.5. The van der Waals surface area contributed by atoms with Crippen molar-refractivity contribution in [1.82, 2.24) is 0 Å². The van der Waals surface area contributed by atoms with Crippen LogP contribution >= 0.6 is 0 Å². The van der Waals surface area contributed by atoms with Gasteiger partial charge in [0.2, 0.25) is 16.8 Å². The molecule has 0 fully saturated rings. The molecule has 2 aromatic rings. The van der Waals surface area contributed by atoms with E-state index in [9.17, 15) is 8.22 Å². The molecular weight excluding hydrogens is 362 g/mol. The quantitative estimate of drug-likeness (QED) is 0.405. The fourth-order valence-electron chi connectivity index (χ4n) is 3.40. The zero-order valence-corrected chi connectivity index (χ0v) is 18.9. The SMILES string of the molecule is C[Si](C)(F)CC[Si](CC[Si](C)(C)F)(c1ccccc1)c1ccccc1. The summed E-state index contributed by atoms with van der Waals surface area (Å²) in [5.74, 6) is 0. The number of hydrogen-bond donors (Lipinski definition) is 0. The Kier molecular flexibility index (Phi) is 6.57. The molecular formula is C20H30F2Si3. The third kappa shape index (κ3) is 6.01. The molecule has 0 unspecified atom stereocenters. The van der Waals surface area contributed by atoms with Crippen molar-refractivity contribution in [3.05, 3.63) is 60.7 Å². The van der Waals surface area contributed by atoms with Crippen molar-refractivity contribution in [1.29, 1.82) is 0 Å². The predicted molar refractivity (Wildman–Crippen MR) is 114 cm³/mol. The standard InChI is InChI=1S/C20H30F2Si3/c1-23(2,21)15-17-25(18-16-24(3,4)22,19-11-7-5-8-12-19)20-13-9-6-10-14-20/h5-14H,15-18H2,1-4H3. The predicted octanol–water partition coefficient (Wildman–Crippen LogP) is 5.60. The minimum absolute atomic E-state index is 0.650. The zero-order chi connectivity index (χ0) is 18.6. The van der Waals surface area contributed by atoms with E-state index in [-0.39, 0.29) is 0 Å². The van der Waals surface area contributed by atoms with Crippen molar-refractivity contribution >= 4 is 35.3 Å². The number of halogens is 2. The Morgan fingerprint density at radius 3 is 1.16 bits per heavy atom. The summed E-state index contributed by atoms with van der Waals surface area (Å²) in [7, 11) is -7.49. The molecule has 0 saturated heterocycles. The van der Waals surface area contributed by atoms with Crippen molar-refractivity contribution in [3.8, 4) is 0 Å². The molecule has 0 heterocycles. The van der Waals surface area contributed by atoms with Gasteiger partial charge in [-0.25, -0.2) is 0 Å². The fraction of sp³-hybridized carbons (Fsp3) is 0.400. The zero-order valence-electron chi connectivity index (χ0n) is 15.9. The highest BCUT2D eigenvalue weighted by Crippen LogP contribution is 2.29. The topological polar surface area (TPSA) is 0 Å². The molecule has 0 aliphatic carbocycles. The first-order chi connectivity index (χ1) is 11.6. The highest BCUT2D eigenvalue weighted by Gasteiger charge is 2.40. The van der Waals surface area contributed by atoms with Crippen LogP contribution in [0.5, 0.6) is 0 Å².